The van der Waals surface area contributed by atoms with Gasteiger partial charge in [0.15, 0.2) is 0 Å². The van der Waals surface area contributed by atoms with Gasteiger partial charge >= 0.3 is 0 Å². The van der Waals surface area contributed by atoms with Crippen molar-refractivity contribution in [1.82, 2.24) is 25.1 Å². The number of hydrogen-bond acceptors (Lipinski definition) is 4. The minimum Gasteiger partial charge on any atom is -0.340 e. The largest absolute Gasteiger partial charge is 0.340 e. The molecule has 1 heterocycles. The van der Waals surface area contributed by atoms with E-state index in [9.17, 15) is 4.79 Å². The first kappa shape index (κ1) is 17.4. The van der Waals surface area contributed by atoms with Crippen LogP contribution in [-0.4, -0.2) is 38.1 Å². The highest BCUT2D eigenvalue weighted by atomic mass is 35.5. The van der Waals surface area contributed by atoms with Gasteiger partial charge in [0, 0.05) is 24.2 Å². The van der Waals surface area contributed by atoms with Crippen LogP contribution in [0, 0.1) is 0 Å². The number of amides is 1. The predicted molar refractivity (Wildman–Crippen MR) is 96.2 cm³/mol. The van der Waals surface area contributed by atoms with Crippen LogP contribution in [0.4, 0.5) is 0 Å². The molecule has 0 saturated carbocycles. The van der Waals surface area contributed by atoms with Crippen LogP contribution in [0.2, 0.25) is 10.0 Å². The summed E-state index contributed by atoms with van der Waals surface area (Å²) in [6.45, 7) is 0.476. The number of aromatic nitrogens is 4. The van der Waals surface area contributed by atoms with Crippen LogP contribution in [0.3, 0.4) is 0 Å². The molecule has 1 aromatic heterocycles. The lowest BCUT2D eigenvalue weighted by molar-refractivity contribution is -0.131. The van der Waals surface area contributed by atoms with Gasteiger partial charge in [-0.1, -0.05) is 47.5 Å². The number of nitrogens with zero attached hydrogens (tertiary/aromatic N) is 5. The van der Waals surface area contributed by atoms with Crippen molar-refractivity contribution in [3.63, 3.8) is 0 Å². The molecule has 6 nitrogen and oxygen atoms in total. The third kappa shape index (κ3) is 4.35. The quantitative estimate of drug-likeness (QED) is 0.686. The van der Waals surface area contributed by atoms with Gasteiger partial charge in [-0.2, -0.15) is 4.80 Å². The van der Waals surface area contributed by atoms with Crippen molar-refractivity contribution < 1.29 is 4.79 Å². The fourth-order valence-corrected chi connectivity index (χ4v) is 2.60. The molecule has 0 radical (unpaired) electrons. The third-order valence-corrected chi connectivity index (χ3v) is 4.18. The number of benzene rings is 2. The summed E-state index contributed by atoms with van der Waals surface area (Å²) in [5.74, 6) is 0.261. The first-order valence-electron chi connectivity index (χ1n) is 7.54. The molecule has 0 unspecified atom stereocenters. The molecule has 3 rings (SSSR count). The Balaban J connectivity index is 1.65. The van der Waals surface area contributed by atoms with E-state index in [1.165, 1.54) is 4.80 Å². The summed E-state index contributed by atoms with van der Waals surface area (Å²) in [5.41, 5.74) is 1.67. The zero-order chi connectivity index (χ0) is 17.8. The monoisotopic (exact) mass is 375 g/mol. The lowest BCUT2D eigenvalue weighted by Crippen LogP contribution is -2.30. The minimum absolute atomic E-state index is 0.00153. The Labute approximate surface area is 155 Å². The molecule has 0 bridgehead atoms. The molecule has 0 fully saturated rings. The summed E-state index contributed by atoms with van der Waals surface area (Å²) >= 11 is 12.0. The van der Waals surface area contributed by atoms with E-state index >= 15 is 0 Å². The van der Waals surface area contributed by atoms with Crippen LogP contribution in [0.25, 0.3) is 11.4 Å². The van der Waals surface area contributed by atoms with E-state index in [0.29, 0.717) is 28.0 Å². The highest BCUT2D eigenvalue weighted by Crippen LogP contribution is 2.23. The smallest absolute Gasteiger partial charge is 0.246 e. The second-order valence-electron chi connectivity index (χ2n) is 5.50. The van der Waals surface area contributed by atoms with Crippen molar-refractivity contribution in [3.05, 3.63) is 64.1 Å². The summed E-state index contributed by atoms with van der Waals surface area (Å²) < 4.78 is 0. The molecule has 3 aromatic rings. The molecule has 1 amide bonds. The second-order valence-corrected chi connectivity index (χ2v) is 6.34. The average Bonchev–Trinajstić information content (AvgIpc) is 3.05. The Bertz CT molecular complexity index is 879. The zero-order valence-electron chi connectivity index (χ0n) is 13.4. The number of tetrazole rings is 1. The number of rotatable bonds is 5. The van der Waals surface area contributed by atoms with E-state index in [2.05, 4.69) is 15.4 Å². The van der Waals surface area contributed by atoms with Crippen LogP contribution in [0.1, 0.15) is 5.56 Å². The van der Waals surface area contributed by atoms with E-state index in [-0.39, 0.29) is 12.5 Å². The van der Waals surface area contributed by atoms with Crippen LogP contribution in [-0.2, 0) is 17.9 Å². The fraction of sp³-hybridized carbons (Fsp3) is 0.176. The van der Waals surface area contributed by atoms with Gasteiger partial charge < -0.3 is 4.90 Å². The van der Waals surface area contributed by atoms with Crippen LogP contribution in [0.15, 0.2) is 48.5 Å². The molecule has 25 heavy (non-hydrogen) atoms. The molecule has 8 heteroatoms. The molecule has 128 valence electrons. The van der Waals surface area contributed by atoms with Crippen LogP contribution >= 0.6 is 23.2 Å². The first-order chi connectivity index (χ1) is 12.0. The van der Waals surface area contributed by atoms with Crippen LogP contribution < -0.4 is 0 Å². The molecular formula is C17H15Cl2N5O. The van der Waals surface area contributed by atoms with Crippen molar-refractivity contribution in [1.29, 1.82) is 0 Å². The summed E-state index contributed by atoms with van der Waals surface area (Å²) in [4.78, 5) is 15.2. The van der Waals surface area contributed by atoms with Crippen molar-refractivity contribution in [2.24, 2.45) is 0 Å². The predicted octanol–water partition coefficient (Wildman–Crippen LogP) is 3.31. The van der Waals surface area contributed by atoms with Gasteiger partial charge in [0.1, 0.15) is 6.54 Å². The van der Waals surface area contributed by atoms with E-state index in [0.717, 1.165) is 5.56 Å². The molecule has 0 saturated heterocycles. The van der Waals surface area contributed by atoms with E-state index in [1.54, 1.807) is 36.2 Å². The highest BCUT2D eigenvalue weighted by Gasteiger charge is 2.14. The molecular weight excluding hydrogens is 361 g/mol. The molecule has 2 aromatic carbocycles. The van der Waals surface area contributed by atoms with Gasteiger partial charge in [-0.3, -0.25) is 4.79 Å². The lowest BCUT2D eigenvalue weighted by atomic mass is 10.2. The molecule has 0 spiro atoms. The van der Waals surface area contributed by atoms with Gasteiger partial charge in [-0.15, -0.1) is 10.2 Å². The van der Waals surface area contributed by atoms with Gasteiger partial charge in [0.25, 0.3) is 0 Å². The third-order valence-electron chi connectivity index (χ3n) is 3.60. The molecule has 0 aliphatic carbocycles. The van der Waals surface area contributed by atoms with Crippen molar-refractivity contribution in [3.8, 4) is 11.4 Å². The van der Waals surface area contributed by atoms with Gasteiger partial charge in [-0.05, 0) is 35.0 Å². The maximum Gasteiger partial charge on any atom is 0.246 e. The molecule has 0 aliphatic rings. The lowest BCUT2D eigenvalue weighted by Gasteiger charge is -2.16. The van der Waals surface area contributed by atoms with Gasteiger partial charge in [0.05, 0.1) is 5.02 Å². The van der Waals surface area contributed by atoms with Crippen LogP contribution in [0.5, 0.6) is 0 Å². The number of halogens is 2. The van der Waals surface area contributed by atoms with E-state index in [1.807, 2.05) is 24.3 Å². The Morgan fingerprint density at radius 2 is 1.84 bits per heavy atom. The minimum atomic E-state index is -0.127. The standard InChI is InChI=1S/C17H15Cl2N5O/c1-23(10-12-6-8-13(18)9-7-12)16(25)11-24-21-17(20-22-24)14-4-2-3-5-15(14)19/h2-9H,10-11H2,1H3. The Kier molecular flexibility index (Phi) is 5.31. The number of carbonyl (C=O) groups excluding carboxylic acids is 1. The topological polar surface area (TPSA) is 63.9 Å². The molecule has 0 N–H and O–H groups in total. The van der Waals surface area contributed by atoms with E-state index < -0.39 is 0 Å². The summed E-state index contributed by atoms with van der Waals surface area (Å²) in [6.07, 6.45) is 0. The summed E-state index contributed by atoms with van der Waals surface area (Å²) in [6, 6.07) is 14.6. The number of carbonyl (C=O) groups is 1. The normalized spacial score (nSPS) is 10.7. The summed E-state index contributed by atoms with van der Waals surface area (Å²) in [5, 5.41) is 13.3. The SMILES string of the molecule is CN(Cc1ccc(Cl)cc1)C(=O)Cn1nnc(-c2ccccc2Cl)n1. The van der Waals surface area contributed by atoms with Crippen molar-refractivity contribution in [2.45, 2.75) is 13.1 Å². The Morgan fingerprint density at radius 1 is 1.12 bits per heavy atom. The fourth-order valence-electron chi connectivity index (χ4n) is 2.25. The summed E-state index contributed by atoms with van der Waals surface area (Å²) in [7, 11) is 1.73. The Morgan fingerprint density at radius 3 is 2.56 bits per heavy atom. The van der Waals surface area contributed by atoms with Crippen molar-refractivity contribution in [2.75, 3.05) is 7.05 Å². The van der Waals surface area contributed by atoms with Gasteiger partial charge in [0.2, 0.25) is 11.7 Å². The maximum atomic E-state index is 12.3. The maximum absolute atomic E-state index is 12.3. The first-order valence-corrected chi connectivity index (χ1v) is 8.29. The number of hydrogen-bond donors (Lipinski definition) is 0. The number of likely N-dealkylation sites (N-methyl/N-ethyl adjacent to an activating group) is 1. The highest BCUT2D eigenvalue weighted by molar-refractivity contribution is 6.33. The van der Waals surface area contributed by atoms with E-state index in [4.69, 9.17) is 23.2 Å². The Hall–Kier alpha value is -2.44. The van der Waals surface area contributed by atoms with Crippen molar-refractivity contribution >= 4 is 29.1 Å². The van der Waals surface area contributed by atoms with Gasteiger partial charge in [-0.25, -0.2) is 0 Å². The molecule has 0 aliphatic heterocycles. The second kappa shape index (κ2) is 7.63. The molecule has 0 atom stereocenters. The zero-order valence-corrected chi connectivity index (χ0v) is 14.9. The average molecular weight is 376 g/mol.